The zero-order chi connectivity index (χ0) is 15.8. The lowest BCUT2D eigenvalue weighted by atomic mass is 10.2. The van der Waals surface area contributed by atoms with Crippen LogP contribution in [0.1, 0.15) is 5.56 Å². The SMILES string of the molecule is O=C1NC(=O)/C(=C/c2ccc(-n3nnc4ccccc43)cc2)S1. The van der Waals surface area contributed by atoms with E-state index in [2.05, 4.69) is 15.6 Å². The van der Waals surface area contributed by atoms with Crippen molar-refractivity contribution >= 4 is 40.0 Å². The number of hydrogen-bond acceptors (Lipinski definition) is 5. The Hall–Kier alpha value is -2.93. The van der Waals surface area contributed by atoms with Gasteiger partial charge < -0.3 is 0 Å². The third kappa shape index (κ3) is 2.51. The van der Waals surface area contributed by atoms with Gasteiger partial charge in [0.25, 0.3) is 11.1 Å². The van der Waals surface area contributed by atoms with E-state index in [9.17, 15) is 9.59 Å². The third-order valence-electron chi connectivity index (χ3n) is 3.43. The van der Waals surface area contributed by atoms with Crippen LogP contribution < -0.4 is 5.32 Å². The van der Waals surface area contributed by atoms with Gasteiger partial charge in [-0.3, -0.25) is 14.9 Å². The molecule has 0 aliphatic carbocycles. The monoisotopic (exact) mass is 322 g/mol. The Labute approximate surface area is 135 Å². The Balaban J connectivity index is 1.67. The van der Waals surface area contributed by atoms with Crippen LogP contribution in [0.4, 0.5) is 4.79 Å². The first kappa shape index (κ1) is 13.7. The van der Waals surface area contributed by atoms with Gasteiger partial charge >= 0.3 is 0 Å². The van der Waals surface area contributed by atoms with E-state index in [0.717, 1.165) is 34.0 Å². The van der Waals surface area contributed by atoms with Gasteiger partial charge in [0.1, 0.15) is 5.52 Å². The molecule has 0 spiro atoms. The summed E-state index contributed by atoms with van der Waals surface area (Å²) >= 11 is 0.906. The number of hydrogen-bond donors (Lipinski definition) is 1. The van der Waals surface area contributed by atoms with Crippen molar-refractivity contribution in [3.8, 4) is 5.69 Å². The van der Waals surface area contributed by atoms with Crippen LogP contribution in [-0.4, -0.2) is 26.1 Å². The number of rotatable bonds is 2. The molecule has 2 amide bonds. The summed E-state index contributed by atoms with van der Waals surface area (Å²) in [5.41, 5.74) is 3.47. The van der Waals surface area contributed by atoms with Gasteiger partial charge in [-0.25, -0.2) is 4.68 Å². The van der Waals surface area contributed by atoms with Crippen LogP contribution in [0.5, 0.6) is 0 Å². The fraction of sp³-hybridized carbons (Fsp3) is 0. The van der Waals surface area contributed by atoms with Gasteiger partial charge in [0.15, 0.2) is 0 Å². The topological polar surface area (TPSA) is 76.9 Å². The molecule has 0 saturated carbocycles. The number of benzene rings is 2. The summed E-state index contributed by atoms with van der Waals surface area (Å²) in [6.07, 6.45) is 1.69. The second kappa shape index (κ2) is 5.36. The van der Waals surface area contributed by atoms with Gasteiger partial charge in [-0.2, -0.15) is 0 Å². The summed E-state index contributed by atoms with van der Waals surface area (Å²) < 4.78 is 1.76. The number of amides is 2. The molecule has 1 aliphatic rings. The maximum Gasteiger partial charge on any atom is 0.290 e. The van der Waals surface area contributed by atoms with Crippen LogP contribution in [0.15, 0.2) is 53.4 Å². The van der Waals surface area contributed by atoms with Crippen LogP contribution in [0.25, 0.3) is 22.8 Å². The predicted molar refractivity (Wildman–Crippen MR) is 88.0 cm³/mol. The largest absolute Gasteiger partial charge is 0.290 e. The van der Waals surface area contributed by atoms with Crippen LogP contribution in [0.2, 0.25) is 0 Å². The molecule has 2 heterocycles. The summed E-state index contributed by atoms with van der Waals surface area (Å²) in [6.45, 7) is 0. The molecule has 4 rings (SSSR count). The summed E-state index contributed by atoms with van der Waals surface area (Å²) in [4.78, 5) is 23.1. The van der Waals surface area contributed by atoms with Gasteiger partial charge in [0.05, 0.1) is 16.1 Å². The molecular weight excluding hydrogens is 312 g/mol. The standard InChI is InChI=1S/C16H10N4O2S/c21-15-14(23-16(22)17-15)9-10-5-7-11(8-6-10)20-13-4-2-1-3-12(13)18-19-20/h1-9H,(H,17,21,22)/b14-9-. The zero-order valence-corrected chi connectivity index (χ0v) is 12.6. The van der Waals surface area contributed by atoms with Crippen molar-refractivity contribution in [2.75, 3.05) is 0 Å². The van der Waals surface area contributed by atoms with Gasteiger partial charge in [0.2, 0.25) is 0 Å². The van der Waals surface area contributed by atoms with Crippen LogP contribution in [0.3, 0.4) is 0 Å². The van der Waals surface area contributed by atoms with Crippen molar-refractivity contribution in [3.05, 3.63) is 59.0 Å². The molecule has 3 aromatic rings. The Morgan fingerprint density at radius 2 is 1.83 bits per heavy atom. The number of thioether (sulfide) groups is 1. The highest BCUT2D eigenvalue weighted by Crippen LogP contribution is 2.26. The lowest BCUT2D eigenvalue weighted by Gasteiger charge is -2.03. The molecule has 23 heavy (non-hydrogen) atoms. The number of nitrogens with zero attached hydrogens (tertiary/aromatic N) is 3. The van der Waals surface area contributed by atoms with Crippen LogP contribution >= 0.6 is 11.8 Å². The highest BCUT2D eigenvalue weighted by atomic mass is 32.2. The molecule has 0 radical (unpaired) electrons. The normalized spacial score (nSPS) is 16.3. The van der Waals surface area contributed by atoms with Gasteiger partial charge in [0, 0.05) is 0 Å². The van der Waals surface area contributed by atoms with Crippen LogP contribution in [-0.2, 0) is 4.79 Å². The van der Waals surface area contributed by atoms with E-state index >= 15 is 0 Å². The van der Waals surface area contributed by atoms with Gasteiger partial charge in [-0.05, 0) is 47.7 Å². The highest BCUT2D eigenvalue weighted by Gasteiger charge is 2.24. The molecule has 0 bridgehead atoms. The molecule has 1 saturated heterocycles. The van der Waals surface area contributed by atoms with E-state index in [1.807, 2.05) is 48.5 Å². The number of nitrogens with one attached hydrogen (secondary N) is 1. The molecule has 1 aromatic heterocycles. The van der Waals surface area contributed by atoms with Crippen LogP contribution in [0, 0.1) is 0 Å². The summed E-state index contributed by atoms with van der Waals surface area (Å²) in [6, 6.07) is 15.3. The first-order valence-corrected chi connectivity index (χ1v) is 7.68. The molecule has 7 heteroatoms. The molecule has 1 aliphatic heterocycles. The van der Waals surface area contributed by atoms with Gasteiger partial charge in [-0.15, -0.1) is 5.10 Å². The lowest BCUT2D eigenvalue weighted by Crippen LogP contribution is -2.17. The number of carbonyl (C=O) groups excluding carboxylic acids is 2. The first-order chi connectivity index (χ1) is 11.2. The maximum atomic E-state index is 11.5. The number of para-hydroxylation sites is 1. The minimum atomic E-state index is -0.355. The second-order valence-corrected chi connectivity index (χ2v) is 5.95. The molecule has 1 fully saturated rings. The smallest absolute Gasteiger partial charge is 0.282 e. The second-order valence-electron chi connectivity index (χ2n) is 4.93. The van der Waals surface area contributed by atoms with E-state index in [0.29, 0.717) is 4.91 Å². The summed E-state index contributed by atoms with van der Waals surface area (Å²) in [5.74, 6) is -0.355. The highest BCUT2D eigenvalue weighted by molar-refractivity contribution is 8.18. The van der Waals surface area contributed by atoms with Crippen molar-refractivity contribution in [1.82, 2.24) is 20.3 Å². The quantitative estimate of drug-likeness (QED) is 0.734. The Bertz CT molecular complexity index is 960. The molecule has 0 atom stereocenters. The fourth-order valence-electron chi connectivity index (χ4n) is 2.34. The Morgan fingerprint density at radius 1 is 1.04 bits per heavy atom. The Kier molecular flexibility index (Phi) is 3.20. The van der Waals surface area contributed by atoms with Crippen molar-refractivity contribution in [2.45, 2.75) is 0 Å². The molecule has 2 aromatic carbocycles. The molecule has 1 N–H and O–H groups in total. The van der Waals surface area contributed by atoms with E-state index in [4.69, 9.17) is 0 Å². The number of imide groups is 1. The predicted octanol–water partition coefficient (Wildman–Crippen LogP) is 2.74. The number of carbonyl (C=O) groups is 2. The minimum Gasteiger partial charge on any atom is -0.282 e. The summed E-state index contributed by atoms with van der Waals surface area (Å²) in [7, 11) is 0. The maximum absolute atomic E-state index is 11.5. The third-order valence-corrected chi connectivity index (χ3v) is 4.24. The van der Waals surface area contributed by atoms with E-state index in [-0.39, 0.29) is 11.1 Å². The minimum absolute atomic E-state index is 0.341. The van der Waals surface area contributed by atoms with Crippen molar-refractivity contribution < 1.29 is 9.59 Å². The van der Waals surface area contributed by atoms with E-state index < -0.39 is 0 Å². The molecule has 112 valence electrons. The average molecular weight is 322 g/mol. The van der Waals surface area contributed by atoms with E-state index in [1.165, 1.54) is 0 Å². The van der Waals surface area contributed by atoms with E-state index in [1.54, 1.807) is 10.8 Å². The van der Waals surface area contributed by atoms with Crippen molar-refractivity contribution in [2.24, 2.45) is 0 Å². The Morgan fingerprint density at radius 3 is 2.57 bits per heavy atom. The van der Waals surface area contributed by atoms with Gasteiger partial charge in [-0.1, -0.05) is 29.5 Å². The summed E-state index contributed by atoms with van der Waals surface area (Å²) in [5, 5.41) is 10.2. The fourth-order valence-corrected chi connectivity index (χ4v) is 3.03. The number of fused-ring (bicyclic) bond motifs is 1. The average Bonchev–Trinajstić information content (AvgIpc) is 3.12. The van der Waals surface area contributed by atoms with Crippen molar-refractivity contribution in [1.29, 1.82) is 0 Å². The lowest BCUT2D eigenvalue weighted by molar-refractivity contribution is -0.115. The first-order valence-electron chi connectivity index (χ1n) is 6.86. The zero-order valence-electron chi connectivity index (χ0n) is 11.8. The molecule has 0 unspecified atom stereocenters. The van der Waals surface area contributed by atoms with Crippen molar-refractivity contribution in [3.63, 3.8) is 0 Å². The molecule has 6 nitrogen and oxygen atoms in total. The number of aromatic nitrogens is 3. The molecular formula is C16H10N4O2S.